The van der Waals surface area contributed by atoms with Gasteiger partial charge in [0, 0.05) is 32.6 Å². The molecule has 21 heavy (non-hydrogen) atoms. The van der Waals surface area contributed by atoms with Crippen molar-refractivity contribution in [3.63, 3.8) is 0 Å². The molecule has 7 heteroatoms. The van der Waals surface area contributed by atoms with Gasteiger partial charge in [-0.15, -0.1) is 12.4 Å². The standard InChI is InChI=1S/C14H21N3O3.ClH/c1-17(2)14(19)6-4-5-13(18)16-10-7-8-12(20-3)11(15)9-10;/h7-9H,4-6,15H2,1-3H3,(H,16,18);1H. The van der Waals surface area contributed by atoms with Crippen LogP contribution in [-0.4, -0.2) is 37.9 Å². The summed E-state index contributed by atoms with van der Waals surface area (Å²) in [5, 5.41) is 2.74. The predicted octanol–water partition coefficient (Wildman–Crippen LogP) is 1.90. The maximum Gasteiger partial charge on any atom is 0.224 e. The molecule has 0 radical (unpaired) electrons. The first-order chi connectivity index (χ1) is 9.43. The number of ether oxygens (including phenoxy) is 1. The van der Waals surface area contributed by atoms with Crippen molar-refractivity contribution in [3.05, 3.63) is 18.2 Å². The molecular weight excluding hydrogens is 294 g/mol. The molecular formula is C14H22ClN3O3. The quantitative estimate of drug-likeness (QED) is 0.785. The molecule has 118 valence electrons. The number of nitrogens with two attached hydrogens (primary N) is 1. The average molecular weight is 316 g/mol. The molecule has 0 bridgehead atoms. The summed E-state index contributed by atoms with van der Waals surface area (Å²) in [6.45, 7) is 0. The maximum atomic E-state index is 11.7. The van der Waals surface area contributed by atoms with Gasteiger partial charge in [0.05, 0.1) is 12.8 Å². The van der Waals surface area contributed by atoms with E-state index >= 15 is 0 Å². The molecule has 0 unspecified atom stereocenters. The van der Waals surface area contributed by atoms with Crippen LogP contribution in [0, 0.1) is 0 Å². The van der Waals surface area contributed by atoms with E-state index in [9.17, 15) is 9.59 Å². The number of nitrogens with one attached hydrogen (secondary N) is 1. The van der Waals surface area contributed by atoms with Crippen LogP contribution in [0.1, 0.15) is 19.3 Å². The van der Waals surface area contributed by atoms with Gasteiger partial charge in [-0.3, -0.25) is 9.59 Å². The number of amides is 2. The molecule has 0 aliphatic heterocycles. The topological polar surface area (TPSA) is 84.7 Å². The van der Waals surface area contributed by atoms with Gasteiger partial charge in [0.1, 0.15) is 5.75 Å². The Hall–Kier alpha value is -1.95. The van der Waals surface area contributed by atoms with Crippen LogP contribution in [-0.2, 0) is 9.59 Å². The van der Waals surface area contributed by atoms with E-state index in [2.05, 4.69) is 5.32 Å². The minimum absolute atomic E-state index is 0. The maximum absolute atomic E-state index is 11.7. The summed E-state index contributed by atoms with van der Waals surface area (Å²) >= 11 is 0. The summed E-state index contributed by atoms with van der Waals surface area (Å²) in [4.78, 5) is 24.6. The lowest BCUT2D eigenvalue weighted by Crippen LogP contribution is -2.21. The fourth-order valence-electron chi connectivity index (χ4n) is 1.66. The number of anilines is 2. The molecule has 0 spiro atoms. The number of benzene rings is 1. The molecule has 6 nitrogen and oxygen atoms in total. The van der Waals surface area contributed by atoms with Gasteiger partial charge < -0.3 is 20.7 Å². The highest BCUT2D eigenvalue weighted by atomic mass is 35.5. The zero-order valence-electron chi connectivity index (χ0n) is 12.5. The molecule has 3 N–H and O–H groups in total. The number of nitrogens with zero attached hydrogens (tertiary/aromatic N) is 1. The Morgan fingerprint density at radius 1 is 1.29 bits per heavy atom. The second-order valence-electron chi connectivity index (χ2n) is 4.65. The highest BCUT2D eigenvalue weighted by Crippen LogP contribution is 2.24. The van der Waals surface area contributed by atoms with Crippen molar-refractivity contribution in [2.45, 2.75) is 19.3 Å². The molecule has 1 aromatic carbocycles. The normalized spacial score (nSPS) is 9.48. The Morgan fingerprint density at radius 3 is 2.48 bits per heavy atom. The largest absolute Gasteiger partial charge is 0.495 e. The van der Waals surface area contributed by atoms with E-state index in [1.54, 1.807) is 32.3 Å². The smallest absolute Gasteiger partial charge is 0.224 e. The van der Waals surface area contributed by atoms with Crippen molar-refractivity contribution in [1.82, 2.24) is 4.90 Å². The van der Waals surface area contributed by atoms with Gasteiger partial charge in [-0.25, -0.2) is 0 Å². The molecule has 0 aliphatic carbocycles. The third-order valence-electron chi connectivity index (χ3n) is 2.81. The Labute approximate surface area is 131 Å². The molecule has 0 heterocycles. The Morgan fingerprint density at radius 2 is 1.95 bits per heavy atom. The molecule has 1 rings (SSSR count). The van der Waals surface area contributed by atoms with Gasteiger partial charge in [0.15, 0.2) is 0 Å². The zero-order chi connectivity index (χ0) is 15.1. The van der Waals surface area contributed by atoms with Gasteiger partial charge in [-0.2, -0.15) is 0 Å². The van der Waals surface area contributed by atoms with Crippen LogP contribution in [0.5, 0.6) is 5.75 Å². The van der Waals surface area contributed by atoms with E-state index in [4.69, 9.17) is 10.5 Å². The first kappa shape index (κ1) is 19.1. The van der Waals surface area contributed by atoms with Crippen LogP contribution < -0.4 is 15.8 Å². The molecule has 0 saturated carbocycles. The van der Waals surface area contributed by atoms with Crippen LogP contribution in [0.3, 0.4) is 0 Å². The molecule has 0 saturated heterocycles. The first-order valence-corrected chi connectivity index (χ1v) is 6.37. The molecule has 0 fully saturated rings. The van der Waals surface area contributed by atoms with E-state index in [-0.39, 0.29) is 24.2 Å². The predicted molar refractivity (Wildman–Crippen MR) is 85.8 cm³/mol. The van der Waals surface area contributed by atoms with Gasteiger partial charge in [0.25, 0.3) is 0 Å². The van der Waals surface area contributed by atoms with E-state index in [0.29, 0.717) is 36.4 Å². The SMILES string of the molecule is COc1ccc(NC(=O)CCCC(=O)N(C)C)cc1N.Cl. The highest BCUT2D eigenvalue weighted by Gasteiger charge is 2.08. The minimum Gasteiger partial charge on any atom is -0.495 e. The van der Waals surface area contributed by atoms with Crippen molar-refractivity contribution >= 4 is 35.6 Å². The van der Waals surface area contributed by atoms with Crippen molar-refractivity contribution < 1.29 is 14.3 Å². The average Bonchev–Trinajstić information content (AvgIpc) is 2.38. The zero-order valence-corrected chi connectivity index (χ0v) is 13.3. The Bertz CT molecular complexity index is 492. The molecule has 1 aromatic rings. The summed E-state index contributed by atoms with van der Waals surface area (Å²) in [7, 11) is 4.93. The summed E-state index contributed by atoms with van der Waals surface area (Å²) in [5.74, 6) is 0.451. The number of methoxy groups -OCH3 is 1. The fraction of sp³-hybridized carbons (Fsp3) is 0.429. The second-order valence-corrected chi connectivity index (χ2v) is 4.65. The number of carbonyl (C=O) groups is 2. The highest BCUT2D eigenvalue weighted by molar-refractivity contribution is 5.91. The third kappa shape index (κ3) is 6.35. The van der Waals surface area contributed by atoms with Crippen molar-refractivity contribution in [2.75, 3.05) is 32.3 Å². The van der Waals surface area contributed by atoms with Crippen LogP contribution >= 0.6 is 12.4 Å². The van der Waals surface area contributed by atoms with E-state index in [1.165, 1.54) is 12.0 Å². The number of nitrogen functional groups attached to an aromatic ring is 1. The number of hydrogen-bond acceptors (Lipinski definition) is 4. The number of hydrogen-bond donors (Lipinski definition) is 2. The third-order valence-corrected chi connectivity index (χ3v) is 2.81. The Kier molecular flexibility index (Phi) is 8.23. The van der Waals surface area contributed by atoms with Crippen LogP contribution in [0.2, 0.25) is 0 Å². The van der Waals surface area contributed by atoms with Gasteiger partial charge in [-0.05, 0) is 24.6 Å². The number of halogens is 1. The molecule has 2 amide bonds. The Balaban J connectivity index is 0.00000400. The monoisotopic (exact) mass is 315 g/mol. The van der Waals surface area contributed by atoms with Gasteiger partial charge in [-0.1, -0.05) is 0 Å². The second kappa shape index (κ2) is 9.07. The number of carbonyl (C=O) groups excluding carboxylic acids is 2. The van der Waals surface area contributed by atoms with Crippen LogP contribution in [0.4, 0.5) is 11.4 Å². The van der Waals surface area contributed by atoms with E-state index in [0.717, 1.165) is 0 Å². The van der Waals surface area contributed by atoms with Crippen molar-refractivity contribution in [3.8, 4) is 5.75 Å². The lowest BCUT2D eigenvalue weighted by Gasteiger charge is -2.10. The lowest BCUT2D eigenvalue weighted by atomic mass is 10.2. The lowest BCUT2D eigenvalue weighted by molar-refractivity contribution is -0.128. The number of rotatable bonds is 6. The summed E-state index contributed by atoms with van der Waals surface area (Å²) in [6.07, 6.45) is 1.19. The molecule has 0 aliphatic rings. The summed E-state index contributed by atoms with van der Waals surface area (Å²) < 4.78 is 5.04. The van der Waals surface area contributed by atoms with Crippen molar-refractivity contribution in [2.24, 2.45) is 0 Å². The summed E-state index contributed by atoms with van der Waals surface area (Å²) in [5.41, 5.74) is 6.84. The minimum atomic E-state index is -0.138. The molecule has 0 atom stereocenters. The fourth-order valence-corrected chi connectivity index (χ4v) is 1.66. The summed E-state index contributed by atoms with van der Waals surface area (Å²) in [6, 6.07) is 5.06. The first-order valence-electron chi connectivity index (χ1n) is 6.37. The van der Waals surface area contributed by atoms with Crippen LogP contribution in [0.25, 0.3) is 0 Å². The van der Waals surface area contributed by atoms with Crippen LogP contribution in [0.15, 0.2) is 18.2 Å². The van der Waals surface area contributed by atoms with Gasteiger partial charge in [0.2, 0.25) is 11.8 Å². The van der Waals surface area contributed by atoms with E-state index < -0.39 is 0 Å². The van der Waals surface area contributed by atoms with Gasteiger partial charge >= 0.3 is 0 Å². The van der Waals surface area contributed by atoms with Crippen molar-refractivity contribution in [1.29, 1.82) is 0 Å². The molecule has 0 aromatic heterocycles. The van der Waals surface area contributed by atoms with E-state index in [1.807, 2.05) is 0 Å².